The molecule has 1 saturated heterocycles. The Kier molecular flexibility index (Phi) is 6.32. The summed E-state index contributed by atoms with van der Waals surface area (Å²) in [5.74, 6) is 0.931. The van der Waals surface area contributed by atoms with Crippen molar-refractivity contribution in [3.63, 3.8) is 0 Å². The minimum absolute atomic E-state index is 0.0947. The first-order chi connectivity index (χ1) is 16.8. The number of nitrogens with zero attached hydrogens (tertiary/aromatic N) is 2. The second kappa shape index (κ2) is 9.41. The van der Waals surface area contributed by atoms with Gasteiger partial charge in [0.15, 0.2) is 11.7 Å². The molecular weight excluding hydrogens is 473 g/mol. The second-order valence-corrected chi connectivity index (χ2v) is 9.98. The smallest absolute Gasteiger partial charge is 0.255 e. The van der Waals surface area contributed by atoms with Crippen molar-refractivity contribution in [1.29, 1.82) is 0 Å². The highest BCUT2D eigenvalue weighted by molar-refractivity contribution is 7.99. The average molecular weight is 497 g/mol. The van der Waals surface area contributed by atoms with Crippen LogP contribution in [-0.2, 0) is 0 Å². The van der Waals surface area contributed by atoms with Crippen molar-refractivity contribution in [2.45, 2.75) is 32.6 Å². The Morgan fingerprint density at radius 3 is 2.37 bits per heavy atom. The highest BCUT2D eigenvalue weighted by atomic mass is 32.2. The number of oxazole rings is 1. The van der Waals surface area contributed by atoms with E-state index in [2.05, 4.69) is 0 Å². The number of halogens is 3. The Bertz CT molecular complexity index is 1450. The molecule has 0 amide bonds. The van der Waals surface area contributed by atoms with Gasteiger partial charge in [-0.25, -0.2) is 18.2 Å². The fourth-order valence-electron chi connectivity index (χ4n) is 4.59. The quantitative estimate of drug-likeness (QED) is 0.312. The van der Waals surface area contributed by atoms with E-state index in [1.807, 2.05) is 11.8 Å². The zero-order valence-corrected chi connectivity index (χ0v) is 20.1. The first kappa shape index (κ1) is 23.5. The van der Waals surface area contributed by atoms with E-state index in [-0.39, 0.29) is 28.6 Å². The zero-order chi connectivity index (χ0) is 24.7. The average Bonchev–Trinajstić information content (AvgIpc) is 3.25. The molecule has 0 radical (unpaired) electrons. The van der Waals surface area contributed by atoms with Crippen LogP contribution in [0.25, 0.3) is 28.3 Å². The molecule has 0 N–H and O–H groups in total. The first-order valence-corrected chi connectivity index (χ1v) is 12.5. The van der Waals surface area contributed by atoms with Crippen molar-refractivity contribution in [3.05, 3.63) is 93.5 Å². The van der Waals surface area contributed by atoms with Crippen molar-refractivity contribution < 1.29 is 17.6 Å². The lowest BCUT2D eigenvalue weighted by Crippen LogP contribution is -2.18. The van der Waals surface area contributed by atoms with Crippen LogP contribution < -0.4 is 5.56 Å². The number of hydrogen-bond acceptors (Lipinski definition) is 4. The highest BCUT2D eigenvalue weighted by Crippen LogP contribution is 2.39. The summed E-state index contributed by atoms with van der Waals surface area (Å²) < 4.78 is 49.9. The van der Waals surface area contributed by atoms with E-state index in [0.29, 0.717) is 34.0 Å². The van der Waals surface area contributed by atoms with E-state index < -0.39 is 11.6 Å². The maximum Gasteiger partial charge on any atom is 0.255 e. The lowest BCUT2D eigenvalue weighted by atomic mass is 10.0. The van der Waals surface area contributed by atoms with Gasteiger partial charge in [0.25, 0.3) is 5.56 Å². The van der Waals surface area contributed by atoms with Crippen molar-refractivity contribution in [2.24, 2.45) is 0 Å². The minimum atomic E-state index is -0.758. The summed E-state index contributed by atoms with van der Waals surface area (Å²) in [7, 11) is 0. The van der Waals surface area contributed by atoms with Gasteiger partial charge in [-0.3, -0.25) is 9.36 Å². The first-order valence-electron chi connectivity index (χ1n) is 11.4. The Hall–Kier alpha value is -3.26. The van der Waals surface area contributed by atoms with Crippen molar-refractivity contribution in [1.82, 2.24) is 9.55 Å². The lowest BCUT2D eigenvalue weighted by Gasteiger charge is -2.17. The van der Waals surface area contributed by atoms with E-state index in [4.69, 9.17) is 9.40 Å². The monoisotopic (exact) mass is 496 g/mol. The van der Waals surface area contributed by atoms with Gasteiger partial charge in [0.1, 0.15) is 23.1 Å². The summed E-state index contributed by atoms with van der Waals surface area (Å²) in [5, 5.41) is 0. The van der Waals surface area contributed by atoms with E-state index in [1.165, 1.54) is 34.9 Å². The fraction of sp³-hybridized carbons (Fsp3) is 0.259. The van der Waals surface area contributed by atoms with Crippen molar-refractivity contribution in [3.8, 4) is 28.3 Å². The number of thioether (sulfide) groups is 1. The molecule has 2 aromatic carbocycles. The van der Waals surface area contributed by atoms with E-state index in [0.717, 1.165) is 30.4 Å². The van der Waals surface area contributed by atoms with Gasteiger partial charge in [-0.2, -0.15) is 11.8 Å². The predicted molar refractivity (Wildman–Crippen MR) is 132 cm³/mol. The summed E-state index contributed by atoms with van der Waals surface area (Å²) in [6.45, 7) is 3.47. The third kappa shape index (κ3) is 4.55. The summed E-state index contributed by atoms with van der Waals surface area (Å²) in [6, 6.07) is 9.06. The SMILES string of the molecule is Cc1cc(F)cc(C)c1-n1cc(-c2nc(C3CCSCC3)oc2-c2ccc(F)cc2F)ccc1=O. The van der Waals surface area contributed by atoms with Gasteiger partial charge in [0, 0.05) is 29.8 Å². The fourth-order valence-corrected chi connectivity index (χ4v) is 5.70. The zero-order valence-electron chi connectivity index (χ0n) is 19.3. The molecule has 1 aliphatic heterocycles. The van der Waals surface area contributed by atoms with Crippen LogP contribution in [0.2, 0.25) is 0 Å². The van der Waals surface area contributed by atoms with Gasteiger partial charge in [0.05, 0.1) is 11.3 Å². The van der Waals surface area contributed by atoms with Gasteiger partial charge in [0.2, 0.25) is 0 Å². The summed E-state index contributed by atoms with van der Waals surface area (Å²) in [4.78, 5) is 17.6. The minimum Gasteiger partial charge on any atom is -0.440 e. The second-order valence-electron chi connectivity index (χ2n) is 8.75. The van der Waals surface area contributed by atoms with Crippen LogP contribution in [0.3, 0.4) is 0 Å². The molecule has 0 unspecified atom stereocenters. The van der Waals surface area contributed by atoms with Gasteiger partial charge in [-0.1, -0.05) is 0 Å². The lowest BCUT2D eigenvalue weighted by molar-refractivity contribution is 0.436. The van der Waals surface area contributed by atoms with Crippen LogP contribution in [-0.4, -0.2) is 21.1 Å². The molecule has 35 heavy (non-hydrogen) atoms. The van der Waals surface area contributed by atoms with Crippen molar-refractivity contribution >= 4 is 11.8 Å². The maximum absolute atomic E-state index is 14.8. The molecule has 4 aromatic rings. The molecule has 8 heteroatoms. The predicted octanol–water partition coefficient (Wildman–Crippen LogP) is 6.80. The number of rotatable bonds is 4. The number of aromatic nitrogens is 2. The Balaban J connectivity index is 1.70. The summed E-state index contributed by atoms with van der Waals surface area (Å²) in [5.41, 5.74) is 2.48. The number of hydrogen-bond donors (Lipinski definition) is 0. The number of benzene rings is 2. The van der Waals surface area contributed by atoms with Crippen LogP contribution in [0.1, 0.15) is 35.8 Å². The highest BCUT2D eigenvalue weighted by Gasteiger charge is 2.26. The van der Waals surface area contributed by atoms with Crippen LogP contribution in [0.4, 0.5) is 13.2 Å². The van der Waals surface area contributed by atoms with E-state index in [9.17, 15) is 18.0 Å². The van der Waals surface area contributed by atoms with Gasteiger partial charge in [-0.05, 0) is 79.7 Å². The molecule has 1 aliphatic rings. The van der Waals surface area contributed by atoms with Crippen LogP contribution >= 0.6 is 11.8 Å². The largest absolute Gasteiger partial charge is 0.440 e. The number of pyridine rings is 1. The molecule has 0 aliphatic carbocycles. The standard InChI is InChI=1S/C27H23F3N2O2S/c1-15-11-20(29)12-16(2)25(15)32-14-18(3-6-23(32)33)24-26(21-5-4-19(28)13-22(21)30)34-27(31-24)17-7-9-35-10-8-17/h3-6,11-14,17H,7-10H2,1-2H3. The molecular formula is C27H23F3N2O2S. The van der Waals surface area contributed by atoms with Crippen LogP contribution in [0.15, 0.2) is 57.9 Å². The topological polar surface area (TPSA) is 48.0 Å². The van der Waals surface area contributed by atoms with Gasteiger partial charge < -0.3 is 4.42 Å². The van der Waals surface area contributed by atoms with Gasteiger partial charge >= 0.3 is 0 Å². The molecule has 0 atom stereocenters. The van der Waals surface area contributed by atoms with E-state index in [1.54, 1.807) is 26.1 Å². The summed E-state index contributed by atoms with van der Waals surface area (Å²) >= 11 is 1.87. The third-order valence-electron chi connectivity index (χ3n) is 6.27. The normalized spacial score (nSPS) is 14.4. The summed E-state index contributed by atoms with van der Waals surface area (Å²) in [6.07, 6.45) is 3.39. The molecule has 0 saturated carbocycles. The molecule has 180 valence electrons. The molecule has 0 bridgehead atoms. The molecule has 5 rings (SSSR count). The third-order valence-corrected chi connectivity index (χ3v) is 7.32. The molecule has 0 spiro atoms. The molecule has 3 heterocycles. The molecule has 1 fully saturated rings. The molecule has 4 nitrogen and oxygen atoms in total. The Morgan fingerprint density at radius 1 is 0.971 bits per heavy atom. The van der Waals surface area contributed by atoms with Gasteiger partial charge in [-0.15, -0.1) is 0 Å². The Labute approximate surface area is 204 Å². The molecule has 2 aromatic heterocycles. The van der Waals surface area contributed by atoms with Crippen LogP contribution in [0.5, 0.6) is 0 Å². The van der Waals surface area contributed by atoms with E-state index >= 15 is 0 Å². The van der Waals surface area contributed by atoms with Crippen molar-refractivity contribution in [2.75, 3.05) is 11.5 Å². The number of aryl methyl sites for hydroxylation is 2. The Morgan fingerprint density at radius 2 is 1.69 bits per heavy atom. The van der Waals surface area contributed by atoms with Crippen LogP contribution in [0, 0.1) is 31.3 Å². The maximum atomic E-state index is 14.8.